The maximum absolute atomic E-state index is 10.1. The summed E-state index contributed by atoms with van der Waals surface area (Å²) < 4.78 is 5.64. The maximum Gasteiger partial charge on any atom is 0.119 e. The van der Waals surface area contributed by atoms with Crippen LogP contribution in [0.3, 0.4) is 0 Å². The van der Waals surface area contributed by atoms with Gasteiger partial charge in [0, 0.05) is 13.1 Å². The van der Waals surface area contributed by atoms with Gasteiger partial charge in [0.2, 0.25) is 0 Å². The molecule has 0 spiro atoms. The summed E-state index contributed by atoms with van der Waals surface area (Å²) in [4.78, 5) is 2.35. The Kier molecular flexibility index (Phi) is 7.35. The third-order valence-corrected chi connectivity index (χ3v) is 3.64. The summed E-state index contributed by atoms with van der Waals surface area (Å²) in [5.74, 6) is 1.59. The van der Waals surface area contributed by atoms with Gasteiger partial charge < -0.3 is 14.7 Å². The number of hydrogen-bond donors (Lipinski definition) is 1. The number of rotatable bonds is 5. The minimum Gasteiger partial charge on any atom is -0.491 e. The van der Waals surface area contributed by atoms with Gasteiger partial charge in [-0.05, 0) is 49.9 Å². The van der Waals surface area contributed by atoms with Gasteiger partial charge in [0.15, 0.2) is 0 Å². The zero-order chi connectivity index (χ0) is 13.7. The average molecular weight is 300 g/mol. The molecule has 114 valence electrons. The number of likely N-dealkylation sites (tertiary alicyclic amines) is 1. The number of halogens is 1. The van der Waals surface area contributed by atoms with E-state index < -0.39 is 6.10 Å². The largest absolute Gasteiger partial charge is 0.491 e. The molecule has 0 radical (unpaired) electrons. The Labute approximate surface area is 128 Å². The minimum absolute atomic E-state index is 0. The highest BCUT2D eigenvalue weighted by atomic mass is 35.5. The Morgan fingerprint density at radius 2 is 2.25 bits per heavy atom. The molecule has 2 atom stereocenters. The van der Waals surface area contributed by atoms with Crippen LogP contribution in [-0.2, 0) is 0 Å². The van der Waals surface area contributed by atoms with Crippen LogP contribution in [0.1, 0.15) is 25.3 Å². The number of benzene rings is 1. The van der Waals surface area contributed by atoms with Gasteiger partial charge in [0.1, 0.15) is 18.5 Å². The van der Waals surface area contributed by atoms with E-state index in [9.17, 15) is 5.11 Å². The Balaban J connectivity index is 0.00000200. The number of piperidine rings is 1. The molecule has 1 aromatic rings. The second-order valence-electron chi connectivity index (χ2n) is 5.79. The van der Waals surface area contributed by atoms with Crippen molar-refractivity contribution in [3.63, 3.8) is 0 Å². The first kappa shape index (κ1) is 17.3. The molecule has 1 aromatic carbocycles. The topological polar surface area (TPSA) is 32.7 Å². The lowest BCUT2D eigenvalue weighted by Crippen LogP contribution is -2.41. The van der Waals surface area contributed by atoms with Crippen LogP contribution in [0.4, 0.5) is 0 Å². The van der Waals surface area contributed by atoms with Crippen LogP contribution < -0.4 is 4.74 Å². The third kappa shape index (κ3) is 5.70. The molecule has 0 amide bonds. The molecule has 2 unspecified atom stereocenters. The molecule has 1 heterocycles. The molecule has 1 N–H and O–H groups in total. The number of aliphatic hydroxyl groups excluding tert-OH is 1. The first-order valence-corrected chi connectivity index (χ1v) is 7.23. The van der Waals surface area contributed by atoms with Crippen LogP contribution in [0.2, 0.25) is 0 Å². The van der Waals surface area contributed by atoms with Crippen molar-refractivity contribution in [3.8, 4) is 5.75 Å². The van der Waals surface area contributed by atoms with Gasteiger partial charge in [-0.3, -0.25) is 0 Å². The molecule has 0 saturated carbocycles. The highest BCUT2D eigenvalue weighted by molar-refractivity contribution is 5.85. The molecule has 1 aliphatic rings. The van der Waals surface area contributed by atoms with Crippen molar-refractivity contribution in [1.29, 1.82) is 0 Å². The average Bonchev–Trinajstić information content (AvgIpc) is 2.36. The van der Waals surface area contributed by atoms with Crippen molar-refractivity contribution in [2.24, 2.45) is 5.92 Å². The summed E-state index contributed by atoms with van der Waals surface area (Å²) in [6.45, 7) is 7.61. The Morgan fingerprint density at radius 1 is 1.45 bits per heavy atom. The van der Waals surface area contributed by atoms with E-state index in [1.54, 1.807) is 0 Å². The van der Waals surface area contributed by atoms with E-state index in [4.69, 9.17) is 4.74 Å². The monoisotopic (exact) mass is 299 g/mol. The third-order valence-electron chi connectivity index (χ3n) is 3.64. The standard InChI is InChI=1S/C16H25NO2.ClH/c1-13-5-3-7-16(9-13)19-12-15(18)11-17-8-4-6-14(2)10-17;/h3,5,7,9,14-15,18H,4,6,8,10-12H2,1-2H3;1H. The van der Waals surface area contributed by atoms with Gasteiger partial charge in [-0.25, -0.2) is 0 Å². The molecular formula is C16H26ClNO2. The molecule has 1 fully saturated rings. The van der Waals surface area contributed by atoms with Gasteiger partial charge >= 0.3 is 0 Å². The Hall–Kier alpha value is -0.770. The summed E-state index contributed by atoms with van der Waals surface area (Å²) in [6, 6.07) is 7.94. The lowest BCUT2D eigenvalue weighted by atomic mass is 10.0. The number of nitrogens with zero attached hydrogens (tertiary/aromatic N) is 1. The second-order valence-corrected chi connectivity index (χ2v) is 5.79. The normalized spacial score (nSPS) is 21.1. The highest BCUT2D eigenvalue weighted by Gasteiger charge is 2.19. The second kappa shape index (κ2) is 8.50. The van der Waals surface area contributed by atoms with Crippen molar-refractivity contribution in [2.75, 3.05) is 26.2 Å². The highest BCUT2D eigenvalue weighted by Crippen LogP contribution is 2.16. The lowest BCUT2D eigenvalue weighted by molar-refractivity contribution is 0.0537. The first-order chi connectivity index (χ1) is 9.13. The quantitative estimate of drug-likeness (QED) is 0.907. The molecule has 0 bridgehead atoms. The summed E-state index contributed by atoms with van der Waals surface area (Å²) in [7, 11) is 0. The van der Waals surface area contributed by atoms with Gasteiger partial charge in [-0.15, -0.1) is 12.4 Å². The van der Waals surface area contributed by atoms with Crippen molar-refractivity contribution < 1.29 is 9.84 Å². The van der Waals surface area contributed by atoms with Crippen LogP contribution in [-0.4, -0.2) is 42.4 Å². The summed E-state index contributed by atoms with van der Waals surface area (Å²) in [5, 5.41) is 10.1. The smallest absolute Gasteiger partial charge is 0.119 e. The molecule has 1 saturated heterocycles. The predicted octanol–water partition coefficient (Wildman–Crippen LogP) is 2.89. The Morgan fingerprint density at radius 3 is 2.95 bits per heavy atom. The van der Waals surface area contributed by atoms with E-state index in [-0.39, 0.29) is 12.4 Å². The number of β-amino-alcohol motifs (C(OH)–C–C–N with tert-alkyl or cyclic N) is 1. The van der Waals surface area contributed by atoms with Gasteiger partial charge in [-0.1, -0.05) is 19.1 Å². The fourth-order valence-corrected chi connectivity index (χ4v) is 2.70. The molecule has 0 aromatic heterocycles. The zero-order valence-corrected chi connectivity index (χ0v) is 13.2. The van der Waals surface area contributed by atoms with Crippen molar-refractivity contribution in [2.45, 2.75) is 32.8 Å². The number of hydrogen-bond acceptors (Lipinski definition) is 3. The summed E-state index contributed by atoms with van der Waals surface area (Å²) in [6.07, 6.45) is 2.14. The van der Waals surface area contributed by atoms with Gasteiger partial charge in [0.25, 0.3) is 0 Å². The minimum atomic E-state index is -0.411. The molecule has 1 aliphatic heterocycles. The summed E-state index contributed by atoms with van der Waals surface area (Å²) >= 11 is 0. The van der Waals surface area contributed by atoms with E-state index in [0.717, 1.165) is 31.3 Å². The SMILES string of the molecule is Cc1cccc(OCC(O)CN2CCCC(C)C2)c1.Cl. The Bertz CT molecular complexity index is 400. The van der Waals surface area contributed by atoms with Crippen LogP contribution in [0, 0.1) is 12.8 Å². The fourth-order valence-electron chi connectivity index (χ4n) is 2.70. The van der Waals surface area contributed by atoms with E-state index >= 15 is 0 Å². The molecule has 0 aliphatic carbocycles. The van der Waals surface area contributed by atoms with E-state index in [1.165, 1.54) is 18.4 Å². The fraction of sp³-hybridized carbons (Fsp3) is 0.625. The molecular weight excluding hydrogens is 274 g/mol. The summed E-state index contributed by atoms with van der Waals surface area (Å²) in [5.41, 5.74) is 1.18. The van der Waals surface area contributed by atoms with Crippen LogP contribution in [0.25, 0.3) is 0 Å². The van der Waals surface area contributed by atoms with Crippen LogP contribution in [0.15, 0.2) is 24.3 Å². The maximum atomic E-state index is 10.1. The number of aryl methyl sites for hydroxylation is 1. The van der Waals surface area contributed by atoms with Crippen molar-refractivity contribution in [1.82, 2.24) is 4.90 Å². The number of aliphatic hydroxyl groups is 1. The van der Waals surface area contributed by atoms with Crippen LogP contribution in [0.5, 0.6) is 5.75 Å². The lowest BCUT2D eigenvalue weighted by Gasteiger charge is -2.32. The first-order valence-electron chi connectivity index (χ1n) is 7.23. The molecule has 2 rings (SSSR count). The van der Waals surface area contributed by atoms with Crippen LogP contribution >= 0.6 is 12.4 Å². The predicted molar refractivity (Wildman–Crippen MR) is 84.8 cm³/mol. The number of ether oxygens (including phenoxy) is 1. The van der Waals surface area contributed by atoms with E-state index in [0.29, 0.717) is 6.61 Å². The molecule has 4 heteroatoms. The van der Waals surface area contributed by atoms with Gasteiger partial charge in [0.05, 0.1) is 0 Å². The van der Waals surface area contributed by atoms with Gasteiger partial charge in [-0.2, -0.15) is 0 Å². The zero-order valence-electron chi connectivity index (χ0n) is 12.4. The van der Waals surface area contributed by atoms with Crippen molar-refractivity contribution >= 4 is 12.4 Å². The molecule has 3 nitrogen and oxygen atoms in total. The van der Waals surface area contributed by atoms with Crippen molar-refractivity contribution in [3.05, 3.63) is 29.8 Å². The van der Waals surface area contributed by atoms with E-state index in [2.05, 4.69) is 11.8 Å². The van der Waals surface area contributed by atoms with E-state index in [1.807, 2.05) is 31.2 Å². The molecule has 20 heavy (non-hydrogen) atoms.